The van der Waals surface area contributed by atoms with E-state index in [0.717, 1.165) is 0 Å². The summed E-state index contributed by atoms with van der Waals surface area (Å²) in [6.07, 6.45) is 0.0340. The number of ether oxygens (including phenoxy) is 1. The van der Waals surface area contributed by atoms with Crippen LogP contribution in [0.15, 0.2) is 18.2 Å². The Balaban J connectivity index is 2.63. The largest absolute Gasteiger partial charge is 0.465 e. The highest BCUT2D eigenvalue weighted by atomic mass is 16.5. The van der Waals surface area contributed by atoms with Crippen LogP contribution in [0.5, 0.6) is 0 Å². The Morgan fingerprint density at radius 3 is 2.94 bits per heavy atom. The number of carbonyl (C=O) groups is 1. The van der Waals surface area contributed by atoms with Crippen LogP contribution in [0, 0.1) is 23.2 Å². The van der Waals surface area contributed by atoms with Gasteiger partial charge in [0, 0.05) is 0 Å². The second kappa shape index (κ2) is 6.21. The average molecular weight is 214 g/mol. The van der Waals surface area contributed by atoms with Gasteiger partial charge >= 0.3 is 5.97 Å². The van der Waals surface area contributed by atoms with Crippen molar-refractivity contribution in [3.63, 3.8) is 0 Å². The van der Waals surface area contributed by atoms with Crippen molar-refractivity contribution in [1.29, 1.82) is 5.26 Å². The minimum absolute atomic E-state index is 0.0340. The van der Waals surface area contributed by atoms with Crippen molar-refractivity contribution in [1.82, 2.24) is 4.98 Å². The SMILES string of the molecule is CCOC(=O)CC#Cc1cccc(C#N)n1. The highest BCUT2D eigenvalue weighted by Gasteiger charge is 1.96. The maximum absolute atomic E-state index is 11.0. The summed E-state index contributed by atoms with van der Waals surface area (Å²) >= 11 is 0. The Morgan fingerprint density at radius 2 is 2.25 bits per heavy atom. The van der Waals surface area contributed by atoms with Crippen molar-refractivity contribution < 1.29 is 9.53 Å². The maximum atomic E-state index is 11.0. The molecule has 4 nitrogen and oxygen atoms in total. The Hall–Kier alpha value is -2.33. The highest BCUT2D eigenvalue weighted by molar-refractivity contribution is 5.72. The summed E-state index contributed by atoms with van der Waals surface area (Å²) in [5, 5.41) is 8.61. The summed E-state index contributed by atoms with van der Waals surface area (Å²) in [5.74, 6) is 4.98. The first-order chi connectivity index (χ1) is 7.76. The van der Waals surface area contributed by atoms with Crippen LogP contribution in [0.4, 0.5) is 0 Å². The van der Waals surface area contributed by atoms with Gasteiger partial charge in [-0.3, -0.25) is 4.79 Å². The summed E-state index contributed by atoms with van der Waals surface area (Å²) in [5.41, 5.74) is 0.784. The Bertz CT molecular complexity index is 478. The number of rotatable bonds is 2. The van der Waals surface area contributed by atoms with E-state index in [4.69, 9.17) is 10.00 Å². The summed E-state index contributed by atoms with van der Waals surface area (Å²) in [7, 11) is 0. The van der Waals surface area contributed by atoms with E-state index < -0.39 is 0 Å². The van der Waals surface area contributed by atoms with Crippen molar-refractivity contribution in [3.05, 3.63) is 29.6 Å². The van der Waals surface area contributed by atoms with E-state index >= 15 is 0 Å². The van der Waals surface area contributed by atoms with Gasteiger partial charge in [0.05, 0.1) is 6.61 Å². The van der Waals surface area contributed by atoms with Crippen LogP contribution >= 0.6 is 0 Å². The molecule has 0 radical (unpaired) electrons. The molecule has 0 aliphatic carbocycles. The lowest BCUT2D eigenvalue weighted by Gasteiger charge is -1.94. The minimum Gasteiger partial charge on any atom is -0.465 e. The zero-order valence-corrected chi connectivity index (χ0v) is 8.86. The maximum Gasteiger partial charge on any atom is 0.317 e. The van der Waals surface area contributed by atoms with Gasteiger partial charge in [-0.25, -0.2) is 4.98 Å². The number of hydrogen-bond acceptors (Lipinski definition) is 4. The van der Waals surface area contributed by atoms with Crippen LogP contribution in [0.1, 0.15) is 24.7 Å². The van der Waals surface area contributed by atoms with Gasteiger partial charge in [-0.1, -0.05) is 12.0 Å². The third kappa shape index (κ3) is 3.81. The van der Waals surface area contributed by atoms with E-state index in [0.29, 0.717) is 18.0 Å². The van der Waals surface area contributed by atoms with Gasteiger partial charge in [0.2, 0.25) is 0 Å². The molecule has 4 heteroatoms. The standard InChI is InChI=1S/C12H10N2O2/c1-2-16-12(15)8-4-6-10-5-3-7-11(9-13)14-10/h3,5,7H,2,8H2,1H3. The first kappa shape index (κ1) is 11.7. The number of aromatic nitrogens is 1. The van der Waals surface area contributed by atoms with Gasteiger partial charge in [0.15, 0.2) is 0 Å². The number of nitrogens with zero attached hydrogens (tertiary/aromatic N) is 2. The summed E-state index contributed by atoms with van der Waals surface area (Å²) < 4.78 is 4.71. The van der Waals surface area contributed by atoms with Crippen molar-refractivity contribution in [2.24, 2.45) is 0 Å². The third-order valence-corrected chi connectivity index (χ3v) is 1.62. The van der Waals surface area contributed by atoms with Crippen LogP contribution in [0.25, 0.3) is 0 Å². The molecule has 1 aromatic rings. The topological polar surface area (TPSA) is 63.0 Å². The number of nitriles is 1. The van der Waals surface area contributed by atoms with Gasteiger partial charge < -0.3 is 4.74 Å². The number of carbonyl (C=O) groups excluding carboxylic acids is 1. The van der Waals surface area contributed by atoms with Gasteiger partial charge in [0.25, 0.3) is 0 Å². The molecule has 0 atom stereocenters. The first-order valence-electron chi connectivity index (χ1n) is 4.78. The Kier molecular flexibility index (Phi) is 4.56. The fourth-order valence-electron chi connectivity index (χ4n) is 0.986. The average Bonchev–Trinajstić information content (AvgIpc) is 2.30. The lowest BCUT2D eigenvalue weighted by molar-refractivity contribution is -0.141. The minimum atomic E-state index is -0.355. The molecule has 0 fully saturated rings. The van der Waals surface area contributed by atoms with E-state index in [1.54, 1.807) is 25.1 Å². The first-order valence-corrected chi connectivity index (χ1v) is 4.78. The molecule has 16 heavy (non-hydrogen) atoms. The van der Waals surface area contributed by atoms with Crippen LogP contribution in [0.3, 0.4) is 0 Å². The molecule has 0 saturated carbocycles. The molecule has 1 heterocycles. The monoisotopic (exact) mass is 214 g/mol. The van der Waals surface area contributed by atoms with E-state index in [1.807, 2.05) is 6.07 Å². The molecule has 80 valence electrons. The highest BCUT2D eigenvalue weighted by Crippen LogP contribution is 1.96. The fourth-order valence-corrected chi connectivity index (χ4v) is 0.986. The van der Waals surface area contributed by atoms with Crippen LogP contribution in [-0.2, 0) is 9.53 Å². The van der Waals surface area contributed by atoms with Gasteiger partial charge in [-0.05, 0) is 25.0 Å². The lowest BCUT2D eigenvalue weighted by atomic mass is 10.3. The van der Waals surface area contributed by atoms with E-state index in [9.17, 15) is 4.79 Å². The molecule has 0 saturated heterocycles. The number of hydrogen-bond donors (Lipinski definition) is 0. The number of esters is 1. The van der Waals surface area contributed by atoms with E-state index in [2.05, 4.69) is 16.8 Å². The van der Waals surface area contributed by atoms with Crippen molar-refractivity contribution in [3.8, 4) is 17.9 Å². The third-order valence-electron chi connectivity index (χ3n) is 1.62. The Morgan fingerprint density at radius 1 is 1.50 bits per heavy atom. The lowest BCUT2D eigenvalue weighted by Crippen LogP contribution is -2.01. The van der Waals surface area contributed by atoms with E-state index in [1.165, 1.54) is 0 Å². The predicted octanol–water partition coefficient (Wildman–Crippen LogP) is 1.26. The van der Waals surface area contributed by atoms with Crippen LogP contribution in [0.2, 0.25) is 0 Å². The van der Waals surface area contributed by atoms with E-state index in [-0.39, 0.29) is 12.4 Å². The molecule has 1 aromatic heterocycles. The summed E-state index contributed by atoms with van der Waals surface area (Å²) in [6.45, 7) is 2.09. The number of pyridine rings is 1. The fraction of sp³-hybridized carbons (Fsp3) is 0.250. The van der Waals surface area contributed by atoms with Crippen molar-refractivity contribution in [2.45, 2.75) is 13.3 Å². The molecule has 0 aliphatic rings. The molecule has 0 aromatic carbocycles. The second-order valence-corrected chi connectivity index (χ2v) is 2.80. The quantitative estimate of drug-likeness (QED) is 0.549. The molecule has 0 spiro atoms. The van der Waals surface area contributed by atoms with Gasteiger partial charge in [-0.2, -0.15) is 5.26 Å². The summed E-state index contributed by atoms with van der Waals surface area (Å²) in [6, 6.07) is 6.88. The molecule has 1 rings (SSSR count). The van der Waals surface area contributed by atoms with Gasteiger partial charge in [0.1, 0.15) is 23.9 Å². The van der Waals surface area contributed by atoms with Gasteiger partial charge in [-0.15, -0.1) is 0 Å². The van der Waals surface area contributed by atoms with Crippen molar-refractivity contribution in [2.75, 3.05) is 6.61 Å². The smallest absolute Gasteiger partial charge is 0.317 e. The summed E-state index contributed by atoms with van der Waals surface area (Å²) in [4.78, 5) is 14.9. The molecular weight excluding hydrogens is 204 g/mol. The molecule has 0 bridgehead atoms. The molecular formula is C12H10N2O2. The molecule has 0 unspecified atom stereocenters. The molecule has 0 amide bonds. The normalized spacial score (nSPS) is 8.50. The predicted molar refractivity (Wildman–Crippen MR) is 57.1 cm³/mol. The van der Waals surface area contributed by atoms with Crippen LogP contribution < -0.4 is 0 Å². The molecule has 0 aliphatic heterocycles. The second-order valence-electron chi connectivity index (χ2n) is 2.80. The zero-order valence-electron chi connectivity index (χ0n) is 8.86. The Labute approximate surface area is 93.9 Å². The van der Waals surface area contributed by atoms with Crippen LogP contribution in [-0.4, -0.2) is 17.6 Å². The molecule has 0 N–H and O–H groups in total. The zero-order chi connectivity index (χ0) is 11.8. The van der Waals surface area contributed by atoms with Crippen molar-refractivity contribution >= 4 is 5.97 Å².